The molecule has 0 aromatic heterocycles. The number of hydrogen-bond donors (Lipinski definition) is 2. The van der Waals surface area contributed by atoms with E-state index in [0.717, 1.165) is 44.0 Å². The Morgan fingerprint density at radius 2 is 1.91 bits per heavy atom. The van der Waals surface area contributed by atoms with Crippen LogP contribution < -0.4 is 15.4 Å². The molecule has 0 radical (unpaired) electrons. The molecule has 1 aliphatic rings. The summed E-state index contributed by atoms with van der Waals surface area (Å²) >= 11 is 0. The van der Waals surface area contributed by atoms with Gasteiger partial charge in [0.2, 0.25) is 0 Å². The molecule has 3 rings (SSSR count). The van der Waals surface area contributed by atoms with Crippen LogP contribution in [0.15, 0.2) is 47.5 Å². The van der Waals surface area contributed by atoms with Crippen LogP contribution in [0.4, 0.5) is 8.78 Å². The molecule has 174 valence electrons. The second-order valence-corrected chi connectivity index (χ2v) is 7.75. The van der Waals surface area contributed by atoms with Crippen molar-refractivity contribution >= 4 is 5.96 Å². The number of alkyl halides is 2. The summed E-state index contributed by atoms with van der Waals surface area (Å²) in [6.07, 6.45) is 0. The normalized spacial score (nSPS) is 15.1. The van der Waals surface area contributed by atoms with Gasteiger partial charge in [0, 0.05) is 38.3 Å². The maximum Gasteiger partial charge on any atom is 0.387 e. The summed E-state index contributed by atoms with van der Waals surface area (Å²) in [5, 5.41) is 6.43. The first-order chi connectivity index (χ1) is 15.5. The minimum atomic E-state index is -2.86. The molecule has 0 saturated carbocycles. The fourth-order valence-corrected chi connectivity index (χ4v) is 3.59. The lowest BCUT2D eigenvalue weighted by atomic mass is 10.1. The van der Waals surface area contributed by atoms with Gasteiger partial charge in [-0.05, 0) is 31.0 Å². The average molecular weight is 447 g/mol. The van der Waals surface area contributed by atoms with Gasteiger partial charge in [-0.2, -0.15) is 8.78 Å². The highest BCUT2D eigenvalue weighted by Crippen LogP contribution is 2.22. The summed E-state index contributed by atoms with van der Waals surface area (Å²) in [6, 6.07) is 13.6. The predicted octanol–water partition coefficient (Wildman–Crippen LogP) is 3.68. The molecule has 8 heteroatoms. The number of nitrogens with zero attached hydrogens (tertiary/aromatic N) is 2. The number of ether oxygens (including phenoxy) is 2. The zero-order chi connectivity index (χ0) is 22.8. The Bertz CT molecular complexity index is 886. The number of benzene rings is 2. The van der Waals surface area contributed by atoms with Gasteiger partial charge in [0.15, 0.2) is 5.96 Å². The highest BCUT2D eigenvalue weighted by atomic mass is 19.3. The Kier molecular flexibility index (Phi) is 9.25. The third kappa shape index (κ3) is 7.76. The Morgan fingerprint density at radius 1 is 1.12 bits per heavy atom. The molecule has 0 atom stereocenters. The standard InChI is InChI=1S/C24H32F2N4O2/c1-3-27-24(29-16-21-13-18(2)7-8-22(21)32-23(25)26)28-15-19-5-4-6-20(14-19)17-30-9-11-31-12-10-30/h4-8,13-14,23H,3,9-12,15-17H2,1-2H3,(H2,27,28,29). The van der Waals surface area contributed by atoms with Crippen molar-refractivity contribution in [3.05, 3.63) is 64.7 Å². The van der Waals surface area contributed by atoms with E-state index in [1.165, 1.54) is 5.56 Å². The third-order valence-corrected chi connectivity index (χ3v) is 5.14. The summed E-state index contributed by atoms with van der Waals surface area (Å²) < 4.78 is 35.5. The van der Waals surface area contributed by atoms with E-state index >= 15 is 0 Å². The molecule has 1 heterocycles. The van der Waals surface area contributed by atoms with Crippen LogP contribution in [0.3, 0.4) is 0 Å². The van der Waals surface area contributed by atoms with Crippen molar-refractivity contribution in [2.24, 2.45) is 4.99 Å². The molecule has 0 amide bonds. The molecular weight excluding hydrogens is 414 g/mol. The minimum Gasteiger partial charge on any atom is -0.434 e. The molecule has 0 spiro atoms. The van der Waals surface area contributed by atoms with E-state index in [9.17, 15) is 8.78 Å². The van der Waals surface area contributed by atoms with E-state index in [0.29, 0.717) is 31.2 Å². The summed E-state index contributed by atoms with van der Waals surface area (Å²) in [5.74, 6) is 0.792. The summed E-state index contributed by atoms with van der Waals surface area (Å²) in [7, 11) is 0. The van der Waals surface area contributed by atoms with Crippen LogP contribution in [0.25, 0.3) is 0 Å². The van der Waals surface area contributed by atoms with Gasteiger partial charge in [0.25, 0.3) is 0 Å². The fourth-order valence-electron chi connectivity index (χ4n) is 3.59. The van der Waals surface area contributed by atoms with Crippen LogP contribution in [0, 0.1) is 6.92 Å². The number of halogens is 2. The van der Waals surface area contributed by atoms with Crippen molar-refractivity contribution in [2.75, 3.05) is 32.8 Å². The van der Waals surface area contributed by atoms with Crippen LogP contribution >= 0.6 is 0 Å². The van der Waals surface area contributed by atoms with Crippen molar-refractivity contribution in [1.82, 2.24) is 15.5 Å². The van der Waals surface area contributed by atoms with Crippen molar-refractivity contribution < 1.29 is 18.3 Å². The molecule has 1 saturated heterocycles. The predicted molar refractivity (Wildman–Crippen MR) is 122 cm³/mol. The molecule has 0 unspecified atom stereocenters. The topological polar surface area (TPSA) is 58.1 Å². The third-order valence-electron chi connectivity index (χ3n) is 5.14. The lowest BCUT2D eigenvalue weighted by molar-refractivity contribution is -0.0504. The minimum absolute atomic E-state index is 0.171. The van der Waals surface area contributed by atoms with E-state index in [2.05, 4.69) is 49.5 Å². The lowest BCUT2D eigenvalue weighted by Gasteiger charge is -2.26. The fraction of sp³-hybridized carbons (Fsp3) is 0.458. The van der Waals surface area contributed by atoms with E-state index in [1.54, 1.807) is 12.1 Å². The smallest absolute Gasteiger partial charge is 0.387 e. The molecule has 1 aliphatic heterocycles. The quantitative estimate of drug-likeness (QED) is 0.455. The summed E-state index contributed by atoms with van der Waals surface area (Å²) in [4.78, 5) is 7.06. The summed E-state index contributed by atoms with van der Waals surface area (Å²) in [5.41, 5.74) is 4.00. The number of aliphatic imine (C=N–C) groups is 1. The lowest BCUT2D eigenvalue weighted by Crippen LogP contribution is -2.37. The Labute approximate surface area is 188 Å². The molecule has 1 fully saturated rings. The van der Waals surface area contributed by atoms with Gasteiger partial charge < -0.3 is 20.1 Å². The number of nitrogens with one attached hydrogen (secondary N) is 2. The maximum absolute atomic E-state index is 12.7. The van der Waals surface area contributed by atoms with E-state index in [-0.39, 0.29) is 5.75 Å². The van der Waals surface area contributed by atoms with Crippen LogP contribution in [0.5, 0.6) is 5.75 Å². The molecule has 0 bridgehead atoms. The molecule has 0 aliphatic carbocycles. The van der Waals surface area contributed by atoms with Gasteiger partial charge in [-0.3, -0.25) is 4.90 Å². The molecule has 2 N–H and O–H groups in total. The van der Waals surface area contributed by atoms with Crippen molar-refractivity contribution in [3.8, 4) is 5.75 Å². The first kappa shape index (κ1) is 23.9. The van der Waals surface area contributed by atoms with Crippen LogP contribution in [-0.2, 0) is 24.4 Å². The number of rotatable bonds is 9. The van der Waals surface area contributed by atoms with Gasteiger partial charge in [-0.1, -0.05) is 42.0 Å². The van der Waals surface area contributed by atoms with Crippen LogP contribution in [0.1, 0.15) is 29.2 Å². The van der Waals surface area contributed by atoms with E-state index in [1.807, 2.05) is 19.9 Å². The van der Waals surface area contributed by atoms with Crippen molar-refractivity contribution in [2.45, 2.75) is 40.1 Å². The molecule has 6 nitrogen and oxygen atoms in total. The number of hydrogen-bond acceptors (Lipinski definition) is 4. The Morgan fingerprint density at radius 3 is 2.66 bits per heavy atom. The monoisotopic (exact) mass is 446 g/mol. The zero-order valence-electron chi connectivity index (χ0n) is 18.7. The molecule has 2 aromatic carbocycles. The van der Waals surface area contributed by atoms with Crippen LogP contribution in [0.2, 0.25) is 0 Å². The first-order valence-electron chi connectivity index (χ1n) is 11.0. The second kappa shape index (κ2) is 12.4. The van der Waals surface area contributed by atoms with Gasteiger partial charge >= 0.3 is 6.61 Å². The number of morpholine rings is 1. The Balaban J connectivity index is 1.63. The SMILES string of the molecule is CCNC(=NCc1cccc(CN2CCOCC2)c1)NCc1cc(C)ccc1OC(F)F. The summed E-state index contributed by atoms with van der Waals surface area (Å²) in [6.45, 7) is 6.95. The average Bonchev–Trinajstić information content (AvgIpc) is 2.78. The second-order valence-electron chi connectivity index (χ2n) is 7.75. The number of guanidine groups is 1. The van der Waals surface area contributed by atoms with Crippen LogP contribution in [-0.4, -0.2) is 50.3 Å². The molecular formula is C24H32F2N4O2. The van der Waals surface area contributed by atoms with Gasteiger partial charge in [0.1, 0.15) is 5.75 Å². The first-order valence-corrected chi connectivity index (χ1v) is 11.0. The Hall–Kier alpha value is -2.71. The van der Waals surface area contributed by atoms with Gasteiger partial charge in [0.05, 0.1) is 19.8 Å². The van der Waals surface area contributed by atoms with Gasteiger partial charge in [-0.15, -0.1) is 0 Å². The highest BCUT2D eigenvalue weighted by Gasteiger charge is 2.12. The maximum atomic E-state index is 12.7. The van der Waals surface area contributed by atoms with Crippen molar-refractivity contribution in [1.29, 1.82) is 0 Å². The molecule has 2 aromatic rings. The molecule has 32 heavy (non-hydrogen) atoms. The highest BCUT2D eigenvalue weighted by molar-refractivity contribution is 5.79. The van der Waals surface area contributed by atoms with Gasteiger partial charge in [-0.25, -0.2) is 4.99 Å². The largest absolute Gasteiger partial charge is 0.434 e. The van der Waals surface area contributed by atoms with E-state index < -0.39 is 6.61 Å². The van der Waals surface area contributed by atoms with Crippen molar-refractivity contribution in [3.63, 3.8) is 0 Å². The number of aryl methyl sites for hydroxylation is 1. The van der Waals surface area contributed by atoms with E-state index in [4.69, 9.17) is 4.74 Å². The zero-order valence-corrected chi connectivity index (χ0v) is 18.7.